The molecule has 2 N–H and O–H groups in total. The fourth-order valence-electron chi connectivity index (χ4n) is 5.02. The number of benzene rings is 1. The third-order valence-electron chi connectivity index (χ3n) is 6.96. The summed E-state index contributed by atoms with van der Waals surface area (Å²) in [5.41, 5.74) is 4.87. The Morgan fingerprint density at radius 2 is 2.11 bits per heavy atom. The van der Waals surface area contributed by atoms with E-state index in [-0.39, 0.29) is 30.0 Å². The SMILES string of the molecule is Cc1cc(N2C(=S)N[C@H](c3ccccn3)[C@H]2c2cccn2C[C@@H]2CCCO2)ccc1NC(=O)C(C)C. The Morgan fingerprint density at radius 3 is 2.81 bits per heavy atom. The molecule has 1 amide bonds. The van der Waals surface area contributed by atoms with E-state index in [9.17, 15) is 4.79 Å². The van der Waals surface area contributed by atoms with Crippen LogP contribution in [0.5, 0.6) is 0 Å². The molecule has 0 bridgehead atoms. The molecular formula is C28H33N5O2S. The zero-order valence-electron chi connectivity index (χ0n) is 21.0. The van der Waals surface area contributed by atoms with Crippen LogP contribution in [0.2, 0.25) is 0 Å². The average molecular weight is 504 g/mol. The van der Waals surface area contributed by atoms with Gasteiger partial charge in [0, 0.05) is 48.5 Å². The van der Waals surface area contributed by atoms with Gasteiger partial charge in [-0.15, -0.1) is 0 Å². The van der Waals surface area contributed by atoms with Crippen LogP contribution in [0.15, 0.2) is 60.9 Å². The molecule has 1 aromatic carbocycles. The molecule has 3 aromatic rings. The second-order valence-electron chi connectivity index (χ2n) is 9.86. The smallest absolute Gasteiger partial charge is 0.226 e. The lowest BCUT2D eigenvalue weighted by Gasteiger charge is -2.30. The largest absolute Gasteiger partial charge is 0.376 e. The van der Waals surface area contributed by atoms with Crippen LogP contribution in [0.25, 0.3) is 0 Å². The van der Waals surface area contributed by atoms with E-state index in [0.29, 0.717) is 5.11 Å². The van der Waals surface area contributed by atoms with Gasteiger partial charge in [0.2, 0.25) is 5.91 Å². The Balaban J connectivity index is 1.53. The molecule has 2 saturated heterocycles. The van der Waals surface area contributed by atoms with Crippen molar-refractivity contribution in [2.75, 3.05) is 16.8 Å². The zero-order chi connectivity index (χ0) is 25.2. The summed E-state index contributed by atoms with van der Waals surface area (Å²) in [6, 6.07) is 16.1. The first kappa shape index (κ1) is 24.5. The molecule has 0 radical (unpaired) electrons. The maximum Gasteiger partial charge on any atom is 0.226 e. The van der Waals surface area contributed by atoms with E-state index >= 15 is 0 Å². The molecule has 3 atom stereocenters. The monoisotopic (exact) mass is 503 g/mol. The van der Waals surface area contributed by atoms with Gasteiger partial charge >= 0.3 is 0 Å². The number of pyridine rings is 1. The molecule has 2 fully saturated rings. The predicted octanol–water partition coefficient (Wildman–Crippen LogP) is 5.14. The number of ether oxygens (including phenoxy) is 1. The predicted molar refractivity (Wildman–Crippen MR) is 146 cm³/mol. The topological polar surface area (TPSA) is 71.4 Å². The number of hydrogen-bond acceptors (Lipinski definition) is 4. The molecule has 2 aliphatic rings. The van der Waals surface area contributed by atoms with Crippen LogP contribution >= 0.6 is 12.2 Å². The van der Waals surface area contributed by atoms with Crippen molar-refractivity contribution in [2.45, 2.75) is 58.3 Å². The molecule has 36 heavy (non-hydrogen) atoms. The Labute approximate surface area is 217 Å². The lowest BCUT2D eigenvalue weighted by atomic mass is 10.00. The van der Waals surface area contributed by atoms with Crippen LogP contribution in [-0.4, -0.2) is 33.3 Å². The summed E-state index contributed by atoms with van der Waals surface area (Å²) in [7, 11) is 0. The highest BCUT2D eigenvalue weighted by Crippen LogP contribution is 2.42. The molecule has 2 aliphatic heterocycles. The van der Waals surface area contributed by atoms with E-state index in [0.717, 1.165) is 54.3 Å². The van der Waals surface area contributed by atoms with Gasteiger partial charge in [0.15, 0.2) is 5.11 Å². The van der Waals surface area contributed by atoms with E-state index in [1.807, 2.05) is 57.3 Å². The van der Waals surface area contributed by atoms with Crippen molar-refractivity contribution in [1.29, 1.82) is 0 Å². The molecule has 0 saturated carbocycles. The molecule has 5 rings (SSSR count). The second-order valence-corrected chi connectivity index (χ2v) is 10.2. The molecule has 0 unspecified atom stereocenters. The first-order valence-electron chi connectivity index (χ1n) is 12.6. The lowest BCUT2D eigenvalue weighted by molar-refractivity contribution is -0.118. The lowest BCUT2D eigenvalue weighted by Crippen LogP contribution is -2.31. The normalized spacial score (nSPS) is 21.7. The minimum Gasteiger partial charge on any atom is -0.376 e. The quantitative estimate of drug-likeness (QED) is 0.435. The Kier molecular flexibility index (Phi) is 7.07. The number of carbonyl (C=O) groups excluding carboxylic acids is 1. The van der Waals surface area contributed by atoms with Gasteiger partial charge in [-0.1, -0.05) is 19.9 Å². The Morgan fingerprint density at radius 1 is 1.25 bits per heavy atom. The highest BCUT2D eigenvalue weighted by molar-refractivity contribution is 7.80. The number of anilines is 2. The standard InChI is InChI=1S/C28H33N5O2S/c1-18(2)27(34)30-22-12-11-20(16-19(22)3)33-26(25(31-28(33)36)23-9-4-5-13-29-23)24-10-6-14-32(24)17-21-8-7-15-35-21/h4-6,9-14,16,18,21,25-26H,7-8,15,17H2,1-3H3,(H,30,34)(H,31,36)/t21-,25+,26+/m0/s1. The van der Waals surface area contributed by atoms with Crippen molar-refractivity contribution in [3.63, 3.8) is 0 Å². The summed E-state index contributed by atoms with van der Waals surface area (Å²) >= 11 is 5.90. The molecule has 0 spiro atoms. The number of thiocarbonyl (C=S) groups is 1. The number of nitrogens with one attached hydrogen (secondary N) is 2. The number of aryl methyl sites for hydroxylation is 1. The molecule has 8 heteroatoms. The van der Waals surface area contributed by atoms with E-state index in [2.05, 4.69) is 49.5 Å². The van der Waals surface area contributed by atoms with Gasteiger partial charge in [0.25, 0.3) is 0 Å². The number of rotatable bonds is 7. The Bertz CT molecular complexity index is 1240. The average Bonchev–Trinajstić information content (AvgIpc) is 3.61. The van der Waals surface area contributed by atoms with Crippen LogP contribution in [0.1, 0.15) is 55.7 Å². The second kappa shape index (κ2) is 10.4. The summed E-state index contributed by atoms with van der Waals surface area (Å²) in [5, 5.41) is 7.22. The molecule has 7 nitrogen and oxygen atoms in total. The van der Waals surface area contributed by atoms with Gasteiger partial charge < -0.3 is 24.8 Å². The number of amides is 1. The van der Waals surface area contributed by atoms with Gasteiger partial charge in [-0.2, -0.15) is 0 Å². The van der Waals surface area contributed by atoms with E-state index < -0.39 is 0 Å². The molecule has 0 aliphatic carbocycles. The van der Waals surface area contributed by atoms with Crippen LogP contribution in [-0.2, 0) is 16.1 Å². The summed E-state index contributed by atoms with van der Waals surface area (Å²) in [6.07, 6.45) is 6.36. The van der Waals surface area contributed by atoms with Gasteiger partial charge in [-0.3, -0.25) is 9.78 Å². The minimum atomic E-state index is -0.113. The minimum absolute atomic E-state index is 0.00395. The highest BCUT2D eigenvalue weighted by Gasteiger charge is 2.42. The molecular weight excluding hydrogens is 470 g/mol. The highest BCUT2D eigenvalue weighted by atomic mass is 32.1. The van der Waals surface area contributed by atoms with Gasteiger partial charge in [0.05, 0.1) is 17.8 Å². The van der Waals surface area contributed by atoms with E-state index in [1.54, 1.807) is 0 Å². The maximum atomic E-state index is 12.3. The fraction of sp³-hybridized carbons (Fsp3) is 0.393. The third-order valence-corrected chi connectivity index (χ3v) is 7.28. The maximum absolute atomic E-state index is 12.3. The number of hydrogen-bond donors (Lipinski definition) is 2. The first-order valence-corrected chi connectivity index (χ1v) is 13.0. The number of carbonyl (C=O) groups is 1. The zero-order valence-corrected chi connectivity index (χ0v) is 21.8. The van der Waals surface area contributed by atoms with Crippen molar-refractivity contribution in [2.24, 2.45) is 5.92 Å². The Hall–Kier alpha value is -3.23. The number of nitrogens with zero attached hydrogens (tertiary/aromatic N) is 3. The van der Waals surface area contributed by atoms with Crippen molar-refractivity contribution in [1.82, 2.24) is 14.9 Å². The van der Waals surface area contributed by atoms with Crippen molar-refractivity contribution >= 4 is 34.6 Å². The number of aromatic nitrogens is 2. The van der Waals surface area contributed by atoms with E-state index in [4.69, 9.17) is 17.0 Å². The van der Waals surface area contributed by atoms with Crippen molar-refractivity contribution in [3.05, 3.63) is 77.9 Å². The fourth-order valence-corrected chi connectivity index (χ4v) is 5.36. The van der Waals surface area contributed by atoms with Gasteiger partial charge in [0.1, 0.15) is 6.04 Å². The summed E-state index contributed by atoms with van der Waals surface area (Å²) in [5.74, 6) is -0.0798. The van der Waals surface area contributed by atoms with Crippen LogP contribution in [0, 0.1) is 12.8 Å². The molecule has 188 valence electrons. The molecule has 2 aromatic heterocycles. The van der Waals surface area contributed by atoms with E-state index in [1.165, 1.54) is 0 Å². The third kappa shape index (κ3) is 4.88. The van der Waals surface area contributed by atoms with Crippen molar-refractivity contribution in [3.8, 4) is 0 Å². The first-order chi connectivity index (χ1) is 17.4. The van der Waals surface area contributed by atoms with Crippen LogP contribution in [0.4, 0.5) is 11.4 Å². The summed E-state index contributed by atoms with van der Waals surface area (Å²) in [4.78, 5) is 19.1. The van der Waals surface area contributed by atoms with Crippen molar-refractivity contribution < 1.29 is 9.53 Å². The summed E-state index contributed by atoms with van der Waals surface area (Å²) in [6.45, 7) is 7.44. The summed E-state index contributed by atoms with van der Waals surface area (Å²) < 4.78 is 8.24. The van der Waals surface area contributed by atoms with Gasteiger partial charge in [-0.05, 0) is 80.0 Å². The van der Waals surface area contributed by atoms with Gasteiger partial charge in [-0.25, -0.2) is 0 Å². The van der Waals surface area contributed by atoms with Crippen LogP contribution < -0.4 is 15.5 Å². The van der Waals surface area contributed by atoms with Crippen LogP contribution in [0.3, 0.4) is 0 Å². The molecule has 4 heterocycles.